The fraction of sp³-hybridized carbons (Fsp3) is 0.0556. The Morgan fingerprint density at radius 1 is 1.04 bits per heavy atom. The standard InChI is InChI=1S/C18H16N2O4/c1-11(10-12-2-4-14(5-3-12)17(21)22)18(23)24-15-8-6-13(7-9-15)16(19)20/h2-10H,1H3,(H3,19,20)(H,21,22)/b11-10+. The zero-order valence-corrected chi connectivity index (χ0v) is 12.9. The lowest BCUT2D eigenvalue weighted by atomic mass is 10.1. The summed E-state index contributed by atoms with van der Waals surface area (Å²) >= 11 is 0. The summed E-state index contributed by atoms with van der Waals surface area (Å²) in [5.74, 6) is -1.24. The van der Waals surface area contributed by atoms with Crippen LogP contribution in [-0.2, 0) is 4.79 Å². The van der Waals surface area contributed by atoms with Gasteiger partial charge in [0.1, 0.15) is 11.6 Å². The quantitative estimate of drug-likeness (QED) is 0.257. The summed E-state index contributed by atoms with van der Waals surface area (Å²) in [5.41, 5.74) is 7.14. The lowest BCUT2D eigenvalue weighted by Crippen LogP contribution is -2.12. The first-order valence-corrected chi connectivity index (χ1v) is 7.05. The molecule has 0 saturated carbocycles. The first-order valence-electron chi connectivity index (χ1n) is 7.05. The van der Waals surface area contributed by atoms with Gasteiger partial charge in [-0.05, 0) is 55.0 Å². The molecule has 0 aromatic heterocycles. The highest BCUT2D eigenvalue weighted by molar-refractivity contribution is 5.96. The number of hydrogen-bond acceptors (Lipinski definition) is 4. The van der Waals surface area contributed by atoms with Crippen molar-refractivity contribution in [3.05, 3.63) is 70.8 Å². The number of carbonyl (C=O) groups is 2. The van der Waals surface area contributed by atoms with Crippen molar-refractivity contribution in [3.8, 4) is 5.75 Å². The molecule has 0 bridgehead atoms. The van der Waals surface area contributed by atoms with Crippen molar-refractivity contribution in [2.24, 2.45) is 5.73 Å². The monoisotopic (exact) mass is 324 g/mol. The van der Waals surface area contributed by atoms with Gasteiger partial charge in [0.05, 0.1) is 5.56 Å². The molecule has 0 heterocycles. The Balaban J connectivity index is 2.08. The van der Waals surface area contributed by atoms with Gasteiger partial charge in [0.15, 0.2) is 0 Å². The Kier molecular flexibility index (Phi) is 5.11. The third-order valence-electron chi connectivity index (χ3n) is 3.24. The summed E-state index contributed by atoms with van der Waals surface area (Å²) in [6.07, 6.45) is 1.61. The molecule has 0 saturated heterocycles. The van der Waals surface area contributed by atoms with Crippen LogP contribution in [0.15, 0.2) is 54.1 Å². The number of nitrogen functional groups attached to an aromatic ring is 1. The first-order chi connectivity index (χ1) is 11.4. The van der Waals surface area contributed by atoms with Crippen LogP contribution in [0.25, 0.3) is 6.08 Å². The van der Waals surface area contributed by atoms with E-state index in [4.69, 9.17) is 21.0 Å². The highest BCUT2D eigenvalue weighted by Crippen LogP contribution is 2.15. The van der Waals surface area contributed by atoms with E-state index in [1.54, 1.807) is 49.4 Å². The molecule has 0 atom stereocenters. The minimum Gasteiger partial charge on any atom is -0.478 e. The fourth-order valence-electron chi connectivity index (χ4n) is 1.92. The van der Waals surface area contributed by atoms with Crippen molar-refractivity contribution < 1.29 is 19.4 Å². The summed E-state index contributed by atoms with van der Waals surface area (Å²) in [6.45, 7) is 1.61. The van der Waals surface area contributed by atoms with Crippen LogP contribution in [0, 0.1) is 5.41 Å². The van der Waals surface area contributed by atoms with Gasteiger partial charge in [-0.3, -0.25) is 5.41 Å². The zero-order valence-electron chi connectivity index (χ0n) is 12.9. The van der Waals surface area contributed by atoms with Crippen LogP contribution in [0.4, 0.5) is 0 Å². The average molecular weight is 324 g/mol. The number of benzene rings is 2. The topological polar surface area (TPSA) is 113 Å². The van der Waals surface area contributed by atoms with Crippen LogP contribution in [0.2, 0.25) is 0 Å². The van der Waals surface area contributed by atoms with E-state index >= 15 is 0 Å². The zero-order chi connectivity index (χ0) is 17.7. The largest absolute Gasteiger partial charge is 0.478 e. The Morgan fingerprint density at radius 3 is 2.08 bits per heavy atom. The van der Waals surface area contributed by atoms with Crippen LogP contribution in [0.3, 0.4) is 0 Å². The molecule has 0 amide bonds. The highest BCUT2D eigenvalue weighted by atomic mass is 16.5. The molecule has 0 aliphatic rings. The number of rotatable bonds is 5. The van der Waals surface area contributed by atoms with Gasteiger partial charge in [0.25, 0.3) is 0 Å². The molecular weight excluding hydrogens is 308 g/mol. The number of amidine groups is 1. The van der Waals surface area contributed by atoms with Crippen LogP contribution in [0.1, 0.15) is 28.4 Å². The molecule has 2 rings (SSSR count). The van der Waals surface area contributed by atoms with E-state index in [1.165, 1.54) is 12.1 Å². The van der Waals surface area contributed by atoms with Gasteiger partial charge in [-0.1, -0.05) is 12.1 Å². The third-order valence-corrected chi connectivity index (χ3v) is 3.24. The molecule has 24 heavy (non-hydrogen) atoms. The number of nitrogens with two attached hydrogens (primary N) is 1. The van der Waals surface area contributed by atoms with Gasteiger partial charge in [-0.25, -0.2) is 9.59 Å². The van der Waals surface area contributed by atoms with E-state index in [0.29, 0.717) is 22.4 Å². The fourth-order valence-corrected chi connectivity index (χ4v) is 1.92. The molecule has 122 valence electrons. The maximum atomic E-state index is 12.1. The summed E-state index contributed by atoms with van der Waals surface area (Å²) in [5, 5.41) is 16.2. The smallest absolute Gasteiger partial charge is 0.339 e. The van der Waals surface area contributed by atoms with E-state index in [-0.39, 0.29) is 11.4 Å². The summed E-state index contributed by atoms with van der Waals surface area (Å²) in [6, 6.07) is 12.5. The molecular formula is C18H16N2O4. The second kappa shape index (κ2) is 7.23. The van der Waals surface area contributed by atoms with Crippen molar-refractivity contribution >= 4 is 23.9 Å². The average Bonchev–Trinajstić information content (AvgIpc) is 2.55. The van der Waals surface area contributed by atoms with Crippen molar-refractivity contribution in [2.75, 3.05) is 0 Å². The summed E-state index contributed by atoms with van der Waals surface area (Å²) in [4.78, 5) is 22.9. The molecule has 0 aliphatic carbocycles. The second-order valence-electron chi connectivity index (χ2n) is 5.08. The molecule has 0 spiro atoms. The second-order valence-corrected chi connectivity index (χ2v) is 5.08. The third kappa shape index (κ3) is 4.30. The Bertz CT molecular complexity index is 806. The van der Waals surface area contributed by atoms with Crippen LogP contribution >= 0.6 is 0 Å². The van der Waals surface area contributed by atoms with Gasteiger partial charge in [0.2, 0.25) is 0 Å². The number of hydrogen-bond donors (Lipinski definition) is 3. The van der Waals surface area contributed by atoms with Gasteiger partial charge in [-0.15, -0.1) is 0 Å². The van der Waals surface area contributed by atoms with Crippen LogP contribution < -0.4 is 10.5 Å². The number of nitrogens with one attached hydrogen (secondary N) is 1. The van der Waals surface area contributed by atoms with Gasteiger partial charge in [-0.2, -0.15) is 0 Å². The minimum absolute atomic E-state index is 0.0613. The first kappa shape index (κ1) is 17.0. The number of ether oxygens (including phenoxy) is 1. The predicted molar refractivity (Wildman–Crippen MR) is 90.1 cm³/mol. The van der Waals surface area contributed by atoms with Gasteiger partial charge in [0, 0.05) is 11.1 Å². The number of carboxylic acids is 1. The Hall–Kier alpha value is -3.41. The van der Waals surface area contributed by atoms with Crippen molar-refractivity contribution in [2.45, 2.75) is 6.92 Å². The van der Waals surface area contributed by atoms with Crippen LogP contribution in [0.5, 0.6) is 5.75 Å². The molecule has 0 unspecified atom stereocenters. The predicted octanol–water partition coefficient (Wildman–Crippen LogP) is 2.68. The maximum Gasteiger partial charge on any atom is 0.339 e. The van der Waals surface area contributed by atoms with Gasteiger partial charge < -0.3 is 15.6 Å². The van der Waals surface area contributed by atoms with Gasteiger partial charge >= 0.3 is 11.9 Å². The van der Waals surface area contributed by atoms with E-state index in [0.717, 1.165) is 0 Å². The highest BCUT2D eigenvalue weighted by Gasteiger charge is 2.08. The number of carbonyl (C=O) groups excluding carboxylic acids is 1. The molecule has 0 radical (unpaired) electrons. The molecule has 6 heteroatoms. The number of esters is 1. The Morgan fingerprint density at radius 2 is 1.58 bits per heavy atom. The lowest BCUT2D eigenvalue weighted by molar-refractivity contribution is -0.130. The number of aromatic carboxylic acids is 1. The molecule has 0 aliphatic heterocycles. The van der Waals surface area contributed by atoms with E-state index < -0.39 is 11.9 Å². The molecule has 2 aromatic carbocycles. The lowest BCUT2D eigenvalue weighted by Gasteiger charge is -2.06. The number of carboxylic acid groups (broad SMARTS) is 1. The van der Waals surface area contributed by atoms with E-state index in [1.807, 2.05) is 0 Å². The Labute approximate surface area is 138 Å². The molecule has 6 nitrogen and oxygen atoms in total. The van der Waals surface area contributed by atoms with E-state index in [2.05, 4.69) is 0 Å². The van der Waals surface area contributed by atoms with Crippen molar-refractivity contribution in [1.29, 1.82) is 5.41 Å². The molecule has 0 fully saturated rings. The van der Waals surface area contributed by atoms with Crippen molar-refractivity contribution in [1.82, 2.24) is 0 Å². The minimum atomic E-state index is -1.00. The maximum absolute atomic E-state index is 12.1. The van der Waals surface area contributed by atoms with Crippen LogP contribution in [-0.4, -0.2) is 22.9 Å². The normalized spacial score (nSPS) is 11.0. The SMILES string of the molecule is C/C(=C\c1ccc(C(=O)O)cc1)C(=O)Oc1ccc(C(=N)N)cc1. The summed E-state index contributed by atoms with van der Waals surface area (Å²) < 4.78 is 5.23. The van der Waals surface area contributed by atoms with Crippen molar-refractivity contribution in [3.63, 3.8) is 0 Å². The molecule has 2 aromatic rings. The summed E-state index contributed by atoms with van der Waals surface area (Å²) in [7, 11) is 0. The molecule has 4 N–H and O–H groups in total. The van der Waals surface area contributed by atoms with E-state index in [9.17, 15) is 9.59 Å².